The van der Waals surface area contributed by atoms with Crippen LogP contribution in [0.3, 0.4) is 0 Å². The summed E-state index contributed by atoms with van der Waals surface area (Å²) in [6.45, 7) is 4.59. The predicted molar refractivity (Wildman–Crippen MR) is 83.4 cm³/mol. The molecule has 0 aromatic carbocycles. The standard InChI is InChI=1S/C13H19N5O2S/c1-4-15-8(19)5-6-16-12(20)11-10(14)9-7(2)17-18(3)13(9)21-11/h4-6,14H2,1-3H3,(H,15,19)(H,16,20). The third-order valence-corrected chi connectivity index (χ3v) is 4.37. The van der Waals surface area contributed by atoms with E-state index in [9.17, 15) is 9.59 Å². The van der Waals surface area contributed by atoms with Crippen LogP contribution >= 0.6 is 11.3 Å². The van der Waals surface area contributed by atoms with Gasteiger partial charge in [-0.15, -0.1) is 11.3 Å². The summed E-state index contributed by atoms with van der Waals surface area (Å²) in [6.07, 6.45) is 0.255. The minimum Gasteiger partial charge on any atom is -0.397 e. The second kappa shape index (κ2) is 6.13. The molecule has 2 amide bonds. The number of hydrogen-bond acceptors (Lipinski definition) is 5. The van der Waals surface area contributed by atoms with Crippen LogP contribution in [0, 0.1) is 6.92 Å². The number of aryl methyl sites for hydroxylation is 2. The van der Waals surface area contributed by atoms with Crippen molar-refractivity contribution in [1.29, 1.82) is 0 Å². The van der Waals surface area contributed by atoms with Gasteiger partial charge in [0.1, 0.15) is 9.71 Å². The molecule has 0 saturated carbocycles. The zero-order valence-electron chi connectivity index (χ0n) is 12.3. The van der Waals surface area contributed by atoms with Gasteiger partial charge in [-0.2, -0.15) is 5.10 Å². The topological polar surface area (TPSA) is 102 Å². The Labute approximate surface area is 126 Å². The zero-order chi connectivity index (χ0) is 15.6. The molecule has 7 nitrogen and oxygen atoms in total. The van der Waals surface area contributed by atoms with Crippen molar-refractivity contribution in [3.05, 3.63) is 10.6 Å². The fourth-order valence-corrected chi connectivity index (χ4v) is 3.26. The maximum Gasteiger partial charge on any atom is 0.263 e. The van der Waals surface area contributed by atoms with Crippen molar-refractivity contribution >= 4 is 39.1 Å². The lowest BCUT2D eigenvalue weighted by molar-refractivity contribution is -0.120. The second-order valence-electron chi connectivity index (χ2n) is 4.69. The molecule has 0 fully saturated rings. The summed E-state index contributed by atoms with van der Waals surface area (Å²) in [5, 5.41) is 10.5. The molecule has 0 atom stereocenters. The van der Waals surface area contributed by atoms with E-state index in [-0.39, 0.29) is 24.8 Å². The van der Waals surface area contributed by atoms with Gasteiger partial charge in [-0.05, 0) is 13.8 Å². The molecular weight excluding hydrogens is 290 g/mol. The monoisotopic (exact) mass is 309 g/mol. The van der Waals surface area contributed by atoms with Crippen molar-refractivity contribution in [3.63, 3.8) is 0 Å². The number of hydrogen-bond donors (Lipinski definition) is 3. The molecule has 8 heteroatoms. The molecule has 0 unspecified atom stereocenters. The van der Waals surface area contributed by atoms with Gasteiger partial charge >= 0.3 is 0 Å². The molecule has 2 heterocycles. The second-order valence-corrected chi connectivity index (χ2v) is 5.69. The third-order valence-electron chi connectivity index (χ3n) is 3.10. The van der Waals surface area contributed by atoms with Gasteiger partial charge in [0.25, 0.3) is 5.91 Å². The normalized spacial score (nSPS) is 10.8. The van der Waals surface area contributed by atoms with Gasteiger partial charge in [0.2, 0.25) is 5.91 Å². The number of carbonyl (C=O) groups is 2. The summed E-state index contributed by atoms with van der Waals surface area (Å²) in [5.74, 6) is -0.334. The molecule has 2 rings (SSSR count). The van der Waals surface area contributed by atoms with E-state index in [1.54, 1.807) is 4.68 Å². The third kappa shape index (κ3) is 2.99. The van der Waals surface area contributed by atoms with Crippen molar-refractivity contribution in [2.75, 3.05) is 18.8 Å². The summed E-state index contributed by atoms with van der Waals surface area (Å²) in [6, 6.07) is 0. The molecule has 0 aliphatic carbocycles. The van der Waals surface area contributed by atoms with Crippen LogP contribution in [0.2, 0.25) is 0 Å². The van der Waals surface area contributed by atoms with Crippen LogP contribution in [0.25, 0.3) is 10.2 Å². The number of nitrogens with two attached hydrogens (primary N) is 1. The van der Waals surface area contributed by atoms with Crippen LogP contribution in [-0.4, -0.2) is 34.7 Å². The number of rotatable bonds is 5. The Morgan fingerprint density at radius 3 is 2.71 bits per heavy atom. The molecule has 2 aromatic heterocycles. The first-order valence-corrected chi connectivity index (χ1v) is 7.53. The van der Waals surface area contributed by atoms with Crippen LogP contribution in [0.15, 0.2) is 0 Å². The molecule has 21 heavy (non-hydrogen) atoms. The van der Waals surface area contributed by atoms with Crippen LogP contribution in [0.5, 0.6) is 0 Å². The van der Waals surface area contributed by atoms with Crippen LogP contribution in [0.4, 0.5) is 5.69 Å². The quantitative estimate of drug-likeness (QED) is 0.759. The van der Waals surface area contributed by atoms with Gasteiger partial charge in [0, 0.05) is 26.6 Å². The maximum atomic E-state index is 12.2. The van der Waals surface area contributed by atoms with Crippen molar-refractivity contribution in [1.82, 2.24) is 20.4 Å². The molecular formula is C13H19N5O2S. The first kappa shape index (κ1) is 15.3. The Bertz CT molecular complexity index is 688. The summed E-state index contributed by atoms with van der Waals surface area (Å²) in [5.41, 5.74) is 7.31. The van der Waals surface area contributed by atoms with Gasteiger partial charge in [-0.3, -0.25) is 14.3 Å². The lowest BCUT2D eigenvalue weighted by Gasteiger charge is -2.04. The van der Waals surface area contributed by atoms with Gasteiger partial charge < -0.3 is 16.4 Å². The van der Waals surface area contributed by atoms with E-state index in [0.717, 1.165) is 15.9 Å². The van der Waals surface area contributed by atoms with Crippen molar-refractivity contribution in [2.45, 2.75) is 20.3 Å². The minimum atomic E-state index is -0.252. The Balaban J connectivity index is 2.08. The minimum absolute atomic E-state index is 0.0813. The fraction of sp³-hybridized carbons (Fsp3) is 0.462. The van der Waals surface area contributed by atoms with E-state index >= 15 is 0 Å². The number of nitrogen functional groups attached to an aromatic ring is 1. The fourth-order valence-electron chi connectivity index (χ4n) is 2.15. The Morgan fingerprint density at radius 2 is 2.10 bits per heavy atom. The van der Waals surface area contributed by atoms with Crippen molar-refractivity contribution in [3.8, 4) is 0 Å². The number of carbonyl (C=O) groups excluding carboxylic acids is 2. The number of nitrogens with zero attached hydrogens (tertiary/aromatic N) is 2. The number of nitrogens with one attached hydrogen (secondary N) is 2. The number of fused-ring (bicyclic) bond motifs is 1. The smallest absolute Gasteiger partial charge is 0.263 e. The van der Waals surface area contributed by atoms with Crippen LogP contribution < -0.4 is 16.4 Å². The number of anilines is 1. The highest BCUT2D eigenvalue weighted by Crippen LogP contribution is 2.35. The Morgan fingerprint density at radius 1 is 1.38 bits per heavy atom. The molecule has 2 aromatic rings. The largest absolute Gasteiger partial charge is 0.397 e. The van der Waals surface area contributed by atoms with E-state index in [4.69, 9.17) is 5.73 Å². The summed E-state index contributed by atoms with van der Waals surface area (Å²) in [4.78, 5) is 24.8. The lowest BCUT2D eigenvalue weighted by atomic mass is 10.2. The van der Waals surface area contributed by atoms with Gasteiger partial charge in [0.05, 0.1) is 16.8 Å². The number of aromatic nitrogens is 2. The van der Waals surface area contributed by atoms with Crippen molar-refractivity contribution in [2.24, 2.45) is 7.05 Å². The molecule has 0 saturated heterocycles. The van der Waals surface area contributed by atoms with E-state index in [1.165, 1.54) is 11.3 Å². The van der Waals surface area contributed by atoms with Gasteiger partial charge in [0.15, 0.2) is 0 Å². The molecule has 0 spiro atoms. The van der Waals surface area contributed by atoms with E-state index in [0.29, 0.717) is 17.1 Å². The average molecular weight is 309 g/mol. The molecule has 0 aliphatic heterocycles. The SMILES string of the molecule is CCNC(=O)CCNC(=O)c1sc2c(c(C)nn2C)c1N. The summed E-state index contributed by atoms with van der Waals surface area (Å²) in [7, 11) is 1.82. The van der Waals surface area contributed by atoms with Crippen molar-refractivity contribution < 1.29 is 9.59 Å². The predicted octanol–water partition coefficient (Wildman–Crippen LogP) is 0.781. The first-order valence-electron chi connectivity index (χ1n) is 6.72. The van der Waals surface area contributed by atoms with Crippen LogP contribution in [-0.2, 0) is 11.8 Å². The molecule has 0 aliphatic rings. The van der Waals surface area contributed by atoms with Gasteiger partial charge in [-0.25, -0.2) is 0 Å². The number of thiophene rings is 1. The van der Waals surface area contributed by atoms with Gasteiger partial charge in [-0.1, -0.05) is 0 Å². The van der Waals surface area contributed by atoms with E-state index in [1.807, 2.05) is 20.9 Å². The summed E-state index contributed by atoms with van der Waals surface area (Å²) < 4.78 is 1.72. The Hall–Kier alpha value is -2.09. The average Bonchev–Trinajstić information content (AvgIpc) is 2.89. The Kier molecular flexibility index (Phi) is 4.46. The highest BCUT2D eigenvalue weighted by atomic mass is 32.1. The first-order chi connectivity index (χ1) is 9.95. The summed E-state index contributed by atoms with van der Waals surface area (Å²) >= 11 is 1.31. The highest BCUT2D eigenvalue weighted by Gasteiger charge is 2.20. The molecule has 4 N–H and O–H groups in total. The highest BCUT2D eigenvalue weighted by molar-refractivity contribution is 7.21. The molecule has 0 bridgehead atoms. The van der Waals surface area contributed by atoms with E-state index in [2.05, 4.69) is 15.7 Å². The number of amides is 2. The van der Waals surface area contributed by atoms with E-state index < -0.39 is 0 Å². The molecule has 114 valence electrons. The van der Waals surface area contributed by atoms with Crippen LogP contribution in [0.1, 0.15) is 28.7 Å². The molecule has 0 radical (unpaired) electrons. The maximum absolute atomic E-state index is 12.2. The zero-order valence-corrected chi connectivity index (χ0v) is 13.1. The lowest BCUT2D eigenvalue weighted by Crippen LogP contribution is -2.30.